The Balaban J connectivity index is 2.69. The van der Waals surface area contributed by atoms with Crippen LogP contribution >= 0.6 is 0 Å². The number of nitrogens with zero attached hydrogens (tertiary/aromatic N) is 1. The number of benzene rings is 1. The maximum Gasteiger partial charge on any atom is 0.322 e. The van der Waals surface area contributed by atoms with Crippen molar-refractivity contribution in [3.05, 3.63) is 29.8 Å². The number of rotatable bonds is 5. The maximum absolute atomic E-state index is 12.1. The Morgan fingerprint density at radius 2 is 1.80 bits per heavy atom. The Hall–Kier alpha value is -2.04. The predicted molar refractivity (Wildman–Crippen MR) is 78.9 cm³/mol. The standard InChI is InChI=1S/C15H22N2O3/c1-5-15(2,3)17(4)14(20)16-12-8-6-11(7-9-12)10-13(18)19/h6-9H,5,10H2,1-4H3,(H,16,20)(H,18,19). The highest BCUT2D eigenvalue weighted by atomic mass is 16.4. The lowest BCUT2D eigenvalue weighted by Crippen LogP contribution is -2.46. The largest absolute Gasteiger partial charge is 0.481 e. The molecule has 0 aromatic heterocycles. The summed E-state index contributed by atoms with van der Waals surface area (Å²) in [6.45, 7) is 6.04. The van der Waals surface area contributed by atoms with Gasteiger partial charge in [0.15, 0.2) is 0 Å². The first-order valence-electron chi connectivity index (χ1n) is 6.62. The third-order valence-corrected chi connectivity index (χ3v) is 3.64. The average Bonchev–Trinajstić information content (AvgIpc) is 2.39. The first-order chi connectivity index (χ1) is 9.26. The number of carboxylic acids is 1. The van der Waals surface area contributed by atoms with Gasteiger partial charge in [-0.05, 0) is 38.0 Å². The van der Waals surface area contributed by atoms with Crippen LogP contribution in [-0.4, -0.2) is 34.6 Å². The van der Waals surface area contributed by atoms with E-state index >= 15 is 0 Å². The van der Waals surface area contributed by atoms with Crippen molar-refractivity contribution in [2.75, 3.05) is 12.4 Å². The third-order valence-electron chi connectivity index (χ3n) is 3.64. The average molecular weight is 278 g/mol. The van der Waals surface area contributed by atoms with Crippen LogP contribution in [0.25, 0.3) is 0 Å². The number of carbonyl (C=O) groups is 2. The second-order valence-corrected chi connectivity index (χ2v) is 5.42. The number of aliphatic carboxylic acids is 1. The summed E-state index contributed by atoms with van der Waals surface area (Å²) in [5.41, 5.74) is 1.15. The highest BCUT2D eigenvalue weighted by Gasteiger charge is 2.25. The van der Waals surface area contributed by atoms with E-state index in [9.17, 15) is 9.59 Å². The van der Waals surface area contributed by atoms with E-state index in [2.05, 4.69) is 5.32 Å². The topological polar surface area (TPSA) is 69.6 Å². The fraction of sp³-hybridized carbons (Fsp3) is 0.467. The number of urea groups is 1. The molecule has 5 heteroatoms. The van der Waals surface area contributed by atoms with Crippen LogP contribution in [0.1, 0.15) is 32.8 Å². The van der Waals surface area contributed by atoms with Gasteiger partial charge in [-0.25, -0.2) is 4.79 Å². The number of hydrogen-bond acceptors (Lipinski definition) is 2. The summed E-state index contributed by atoms with van der Waals surface area (Å²) in [7, 11) is 1.76. The van der Waals surface area contributed by atoms with Crippen LogP contribution in [0.15, 0.2) is 24.3 Å². The molecule has 2 amide bonds. The molecule has 0 saturated carbocycles. The van der Waals surface area contributed by atoms with E-state index in [-0.39, 0.29) is 18.0 Å². The van der Waals surface area contributed by atoms with Crippen LogP contribution < -0.4 is 5.32 Å². The number of carbonyl (C=O) groups excluding carboxylic acids is 1. The van der Waals surface area contributed by atoms with Crippen LogP contribution in [0.2, 0.25) is 0 Å². The van der Waals surface area contributed by atoms with Gasteiger partial charge in [0, 0.05) is 18.3 Å². The van der Waals surface area contributed by atoms with Crippen molar-refractivity contribution < 1.29 is 14.7 Å². The predicted octanol–water partition coefficient (Wildman–Crippen LogP) is 2.97. The van der Waals surface area contributed by atoms with E-state index in [0.717, 1.165) is 6.42 Å². The van der Waals surface area contributed by atoms with Crippen molar-refractivity contribution in [3.63, 3.8) is 0 Å². The second-order valence-electron chi connectivity index (χ2n) is 5.42. The SMILES string of the molecule is CCC(C)(C)N(C)C(=O)Nc1ccc(CC(=O)O)cc1. The van der Waals surface area contributed by atoms with E-state index in [1.165, 1.54) is 0 Å². The van der Waals surface area contributed by atoms with Gasteiger partial charge in [-0.2, -0.15) is 0 Å². The minimum atomic E-state index is -0.869. The summed E-state index contributed by atoms with van der Waals surface area (Å²) >= 11 is 0. The fourth-order valence-electron chi connectivity index (χ4n) is 1.60. The van der Waals surface area contributed by atoms with Crippen molar-refractivity contribution in [2.45, 2.75) is 39.2 Å². The van der Waals surface area contributed by atoms with Gasteiger partial charge in [-0.15, -0.1) is 0 Å². The fourth-order valence-corrected chi connectivity index (χ4v) is 1.60. The molecule has 0 radical (unpaired) electrons. The molecule has 0 unspecified atom stereocenters. The van der Waals surface area contributed by atoms with Crippen molar-refractivity contribution >= 4 is 17.7 Å². The molecule has 0 aliphatic heterocycles. The van der Waals surface area contributed by atoms with Crippen molar-refractivity contribution in [1.82, 2.24) is 4.90 Å². The van der Waals surface area contributed by atoms with E-state index in [1.54, 1.807) is 36.2 Å². The van der Waals surface area contributed by atoms with Gasteiger partial charge in [0.1, 0.15) is 0 Å². The molecule has 110 valence electrons. The molecular weight excluding hydrogens is 256 g/mol. The van der Waals surface area contributed by atoms with Crippen molar-refractivity contribution in [1.29, 1.82) is 0 Å². The maximum atomic E-state index is 12.1. The molecule has 2 N–H and O–H groups in total. The normalized spacial score (nSPS) is 11.0. The first kappa shape index (κ1) is 16.0. The molecule has 5 nitrogen and oxygen atoms in total. The molecule has 1 aromatic carbocycles. The van der Waals surface area contributed by atoms with Crippen molar-refractivity contribution in [3.8, 4) is 0 Å². The molecule has 0 bridgehead atoms. The molecule has 1 aromatic rings. The van der Waals surface area contributed by atoms with Gasteiger partial charge >= 0.3 is 12.0 Å². The van der Waals surface area contributed by atoms with Gasteiger partial charge in [-0.3, -0.25) is 4.79 Å². The molecule has 0 aliphatic rings. The summed E-state index contributed by atoms with van der Waals surface area (Å²) in [5, 5.41) is 11.5. The van der Waals surface area contributed by atoms with Gasteiger partial charge in [0.05, 0.1) is 6.42 Å². The molecule has 0 atom stereocenters. The smallest absolute Gasteiger partial charge is 0.322 e. The lowest BCUT2D eigenvalue weighted by molar-refractivity contribution is -0.136. The number of amides is 2. The Bertz CT molecular complexity index is 480. The zero-order chi connectivity index (χ0) is 15.3. The summed E-state index contributed by atoms with van der Waals surface area (Å²) in [4.78, 5) is 24.4. The number of anilines is 1. The minimum Gasteiger partial charge on any atom is -0.481 e. The third kappa shape index (κ3) is 4.26. The summed E-state index contributed by atoms with van der Waals surface area (Å²) in [6, 6.07) is 6.65. The number of carboxylic acid groups (broad SMARTS) is 1. The van der Waals surface area contributed by atoms with Crippen LogP contribution in [0.4, 0.5) is 10.5 Å². The molecule has 1 rings (SSSR count). The van der Waals surface area contributed by atoms with Crippen molar-refractivity contribution in [2.24, 2.45) is 0 Å². The van der Waals surface area contributed by atoms with E-state index < -0.39 is 5.97 Å². The molecule has 0 aliphatic carbocycles. The Morgan fingerprint density at radius 1 is 1.25 bits per heavy atom. The quantitative estimate of drug-likeness (QED) is 0.870. The lowest BCUT2D eigenvalue weighted by Gasteiger charge is -2.34. The van der Waals surface area contributed by atoms with Gasteiger partial charge in [0.2, 0.25) is 0 Å². The summed E-state index contributed by atoms with van der Waals surface area (Å²) in [5.74, 6) is -0.869. The van der Waals surface area contributed by atoms with Crippen LogP contribution in [0.3, 0.4) is 0 Å². The molecule has 0 heterocycles. The zero-order valence-corrected chi connectivity index (χ0v) is 12.4. The van der Waals surface area contributed by atoms with E-state index in [4.69, 9.17) is 5.11 Å². The number of hydrogen-bond donors (Lipinski definition) is 2. The second kappa shape index (κ2) is 6.41. The molecule has 0 spiro atoms. The zero-order valence-electron chi connectivity index (χ0n) is 12.4. The molecule has 0 fully saturated rings. The Kier molecular flexibility index (Phi) is 5.13. The Morgan fingerprint density at radius 3 is 2.25 bits per heavy atom. The van der Waals surface area contributed by atoms with Crippen LogP contribution in [-0.2, 0) is 11.2 Å². The molecule has 0 saturated heterocycles. The summed E-state index contributed by atoms with van der Waals surface area (Å²) in [6.07, 6.45) is 0.839. The molecular formula is C15H22N2O3. The highest BCUT2D eigenvalue weighted by molar-refractivity contribution is 5.89. The van der Waals surface area contributed by atoms with Gasteiger partial charge in [-0.1, -0.05) is 19.1 Å². The van der Waals surface area contributed by atoms with E-state index in [0.29, 0.717) is 11.3 Å². The monoisotopic (exact) mass is 278 g/mol. The van der Waals surface area contributed by atoms with Gasteiger partial charge < -0.3 is 15.3 Å². The highest BCUT2D eigenvalue weighted by Crippen LogP contribution is 2.18. The van der Waals surface area contributed by atoms with Gasteiger partial charge in [0.25, 0.3) is 0 Å². The van der Waals surface area contributed by atoms with Crippen LogP contribution in [0.5, 0.6) is 0 Å². The van der Waals surface area contributed by atoms with E-state index in [1.807, 2.05) is 20.8 Å². The number of nitrogens with one attached hydrogen (secondary N) is 1. The first-order valence-corrected chi connectivity index (χ1v) is 6.62. The summed E-state index contributed by atoms with van der Waals surface area (Å²) < 4.78 is 0. The molecule has 20 heavy (non-hydrogen) atoms. The minimum absolute atomic E-state index is 0.0169. The lowest BCUT2D eigenvalue weighted by atomic mass is 10.0. The Labute approximate surface area is 119 Å². The van der Waals surface area contributed by atoms with Crippen LogP contribution in [0, 0.1) is 0 Å².